The van der Waals surface area contributed by atoms with Crippen molar-refractivity contribution in [3.63, 3.8) is 0 Å². The summed E-state index contributed by atoms with van der Waals surface area (Å²) in [4.78, 5) is 11.6. The minimum atomic E-state index is -0.722. The summed E-state index contributed by atoms with van der Waals surface area (Å²) in [7, 11) is 1.80. The fourth-order valence-corrected chi connectivity index (χ4v) is 1.93. The summed E-state index contributed by atoms with van der Waals surface area (Å²) >= 11 is 2.21. The largest absolute Gasteiger partial charge is 0.491 e. The molecule has 0 saturated heterocycles. The molecule has 5 nitrogen and oxygen atoms in total. The zero-order chi connectivity index (χ0) is 15.0. The highest BCUT2D eigenvalue weighted by atomic mass is 127. The van der Waals surface area contributed by atoms with Gasteiger partial charge in [-0.3, -0.25) is 4.79 Å². The van der Waals surface area contributed by atoms with Crippen molar-refractivity contribution >= 4 is 28.5 Å². The Morgan fingerprint density at radius 1 is 1.35 bits per heavy atom. The molecule has 0 radical (unpaired) electrons. The number of carbonyl (C=O) groups excluding carboxylic acids is 1. The van der Waals surface area contributed by atoms with E-state index < -0.39 is 6.10 Å². The molecule has 0 bridgehead atoms. The first-order valence-electron chi connectivity index (χ1n) is 6.51. The number of benzene rings is 1. The zero-order valence-electron chi connectivity index (χ0n) is 11.7. The van der Waals surface area contributed by atoms with Gasteiger partial charge in [-0.15, -0.1) is 0 Å². The van der Waals surface area contributed by atoms with Gasteiger partial charge in [-0.1, -0.05) is 6.92 Å². The van der Waals surface area contributed by atoms with E-state index in [1.54, 1.807) is 7.05 Å². The second kappa shape index (κ2) is 9.15. The Bertz CT molecular complexity index is 411. The van der Waals surface area contributed by atoms with Crippen molar-refractivity contribution in [2.24, 2.45) is 5.92 Å². The number of hydrogen-bond donors (Lipinski definition) is 3. The molecular formula is C14H21IN2O3. The maximum atomic E-state index is 11.6. The third-order valence-corrected chi connectivity index (χ3v) is 3.45. The minimum absolute atomic E-state index is 0.0762. The fraction of sp³-hybridized carbons (Fsp3) is 0.500. The number of aliphatic hydroxyl groups is 1. The molecule has 6 heteroatoms. The van der Waals surface area contributed by atoms with Crippen LogP contribution in [0.5, 0.6) is 5.75 Å². The Labute approximate surface area is 133 Å². The normalized spacial score (nSPS) is 13.6. The van der Waals surface area contributed by atoms with Gasteiger partial charge >= 0.3 is 0 Å². The first kappa shape index (κ1) is 17.2. The molecule has 0 aliphatic carbocycles. The quantitative estimate of drug-likeness (QED) is 0.578. The van der Waals surface area contributed by atoms with Gasteiger partial charge in [0, 0.05) is 22.6 Å². The van der Waals surface area contributed by atoms with Gasteiger partial charge in [-0.25, -0.2) is 0 Å². The Kier molecular flexibility index (Phi) is 7.86. The molecule has 2 atom stereocenters. The van der Waals surface area contributed by atoms with Crippen molar-refractivity contribution in [3.8, 4) is 5.75 Å². The monoisotopic (exact) mass is 392 g/mol. The van der Waals surface area contributed by atoms with Crippen LogP contribution in [0.1, 0.15) is 6.92 Å². The molecule has 0 aromatic heterocycles. The van der Waals surface area contributed by atoms with Gasteiger partial charge in [0.2, 0.25) is 5.91 Å². The summed E-state index contributed by atoms with van der Waals surface area (Å²) < 4.78 is 6.57. The zero-order valence-corrected chi connectivity index (χ0v) is 13.9. The predicted molar refractivity (Wildman–Crippen MR) is 86.8 cm³/mol. The SMILES string of the molecule is CNCC(C)C(=O)NCC(O)COc1ccc(I)cc1. The Hall–Kier alpha value is -0.860. The molecule has 0 fully saturated rings. The summed E-state index contributed by atoms with van der Waals surface area (Å²) in [6.07, 6.45) is -0.722. The third kappa shape index (κ3) is 6.53. The molecule has 0 heterocycles. The number of aliphatic hydroxyl groups excluding tert-OH is 1. The smallest absolute Gasteiger partial charge is 0.224 e. The standard InChI is InChI=1S/C14H21IN2O3/c1-10(7-16-2)14(19)17-8-12(18)9-20-13-5-3-11(15)4-6-13/h3-6,10,12,16,18H,7-9H2,1-2H3,(H,17,19). The summed E-state index contributed by atoms with van der Waals surface area (Å²) in [6.45, 7) is 2.79. The van der Waals surface area contributed by atoms with Gasteiger partial charge in [-0.05, 0) is 53.9 Å². The summed E-state index contributed by atoms with van der Waals surface area (Å²) in [5, 5.41) is 15.4. The number of halogens is 1. The highest BCUT2D eigenvalue weighted by molar-refractivity contribution is 14.1. The van der Waals surface area contributed by atoms with E-state index in [2.05, 4.69) is 33.2 Å². The number of hydrogen-bond acceptors (Lipinski definition) is 4. The first-order chi connectivity index (χ1) is 9.52. The second-order valence-electron chi connectivity index (χ2n) is 4.62. The van der Waals surface area contributed by atoms with Gasteiger partial charge in [0.25, 0.3) is 0 Å². The van der Waals surface area contributed by atoms with E-state index in [9.17, 15) is 9.90 Å². The lowest BCUT2D eigenvalue weighted by Crippen LogP contribution is -2.40. The van der Waals surface area contributed by atoms with Gasteiger partial charge < -0.3 is 20.5 Å². The van der Waals surface area contributed by atoms with Crippen molar-refractivity contribution in [1.82, 2.24) is 10.6 Å². The third-order valence-electron chi connectivity index (χ3n) is 2.73. The molecular weight excluding hydrogens is 371 g/mol. The van der Waals surface area contributed by atoms with Crippen molar-refractivity contribution in [3.05, 3.63) is 27.8 Å². The molecule has 20 heavy (non-hydrogen) atoms. The molecule has 0 spiro atoms. The highest BCUT2D eigenvalue weighted by Crippen LogP contribution is 2.13. The predicted octanol–water partition coefficient (Wildman–Crippen LogP) is 1.00. The number of nitrogens with one attached hydrogen (secondary N) is 2. The fourth-order valence-electron chi connectivity index (χ4n) is 1.57. The van der Waals surface area contributed by atoms with Crippen molar-refractivity contribution < 1.29 is 14.6 Å². The summed E-state index contributed by atoms with van der Waals surface area (Å²) in [5.74, 6) is 0.510. The van der Waals surface area contributed by atoms with Crippen LogP contribution in [0.2, 0.25) is 0 Å². The second-order valence-corrected chi connectivity index (χ2v) is 5.87. The van der Waals surface area contributed by atoms with Crippen LogP contribution < -0.4 is 15.4 Å². The van der Waals surface area contributed by atoms with E-state index in [0.717, 1.165) is 3.57 Å². The lowest BCUT2D eigenvalue weighted by Gasteiger charge is -2.15. The van der Waals surface area contributed by atoms with Crippen molar-refractivity contribution in [2.45, 2.75) is 13.0 Å². The minimum Gasteiger partial charge on any atom is -0.491 e. The molecule has 0 saturated carbocycles. The topological polar surface area (TPSA) is 70.6 Å². The van der Waals surface area contributed by atoms with Crippen LogP contribution in [-0.4, -0.2) is 43.9 Å². The van der Waals surface area contributed by atoms with Gasteiger partial charge in [0.05, 0.1) is 0 Å². The van der Waals surface area contributed by atoms with Crippen molar-refractivity contribution in [1.29, 1.82) is 0 Å². The van der Waals surface area contributed by atoms with Crippen LogP contribution in [0, 0.1) is 9.49 Å². The average molecular weight is 392 g/mol. The molecule has 112 valence electrons. The summed E-state index contributed by atoms with van der Waals surface area (Å²) in [5.41, 5.74) is 0. The van der Waals surface area contributed by atoms with Crippen LogP contribution in [0.4, 0.5) is 0 Å². The van der Waals surface area contributed by atoms with E-state index in [1.165, 1.54) is 0 Å². The first-order valence-corrected chi connectivity index (χ1v) is 7.59. The molecule has 1 amide bonds. The maximum absolute atomic E-state index is 11.6. The summed E-state index contributed by atoms with van der Waals surface area (Å²) in [6, 6.07) is 7.57. The highest BCUT2D eigenvalue weighted by Gasteiger charge is 2.13. The van der Waals surface area contributed by atoms with Crippen LogP contribution in [-0.2, 0) is 4.79 Å². The Balaban J connectivity index is 2.25. The molecule has 1 rings (SSSR count). The van der Waals surface area contributed by atoms with Crippen LogP contribution in [0.3, 0.4) is 0 Å². The van der Waals surface area contributed by atoms with E-state index in [1.807, 2.05) is 31.2 Å². The van der Waals surface area contributed by atoms with E-state index in [-0.39, 0.29) is 25.0 Å². The molecule has 1 aromatic rings. The maximum Gasteiger partial charge on any atom is 0.224 e. The van der Waals surface area contributed by atoms with Crippen LogP contribution >= 0.6 is 22.6 Å². The molecule has 0 aliphatic rings. The lowest BCUT2D eigenvalue weighted by molar-refractivity contribution is -0.124. The lowest BCUT2D eigenvalue weighted by atomic mass is 10.1. The van der Waals surface area contributed by atoms with Crippen LogP contribution in [0.15, 0.2) is 24.3 Å². The molecule has 3 N–H and O–H groups in total. The van der Waals surface area contributed by atoms with E-state index in [4.69, 9.17) is 4.74 Å². The number of rotatable bonds is 8. The van der Waals surface area contributed by atoms with Crippen LogP contribution in [0.25, 0.3) is 0 Å². The number of carbonyl (C=O) groups is 1. The van der Waals surface area contributed by atoms with E-state index >= 15 is 0 Å². The van der Waals surface area contributed by atoms with Gasteiger partial charge in [0.15, 0.2) is 0 Å². The molecule has 2 unspecified atom stereocenters. The Morgan fingerprint density at radius 2 is 2.00 bits per heavy atom. The van der Waals surface area contributed by atoms with Gasteiger partial charge in [0.1, 0.15) is 18.5 Å². The number of amides is 1. The molecule has 1 aromatic carbocycles. The van der Waals surface area contributed by atoms with Crippen molar-refractivity contribution in [2.75, 3.05) is 26.7 Å². The van der Waals surface area contributed by atoms with Gasteiger partial charge in [-0.2, -0.15) is 0 Å². The number of ether oxygens (including phenoxy) is 1. The van der Waals surface area contributed by atoms with E-state index in [0.29, 0.717) is 12.3 Å². The average Bonchev–Trinajstić information content (AvgIpc) is 2.44. The Morgan fingerprint density at radius 3 is 2.60 bits per heavy atom. The molecule has 0 aliphatic heterocycles.